The van der Waals surface area contributed by atoms with Gasteiger partial charge in [-0.05, 0) is 21.0 Å². The highest BCUT2D eigenvalue weighted by Crippen LogP contribution is 2.35. The molecule has 1 unspecified atom stereocenters. The predicted molar refractivity (Wildman–Crippen MR) is 80.2 cm³/mol. The predicted octanol–water partition coefficient (Wildman–Crippen LogP) is 0.578. The molecule has 1 amide bonds. The molecular weight excluding hydrogens is 280 g/mol. The second-order valence-electron chi connectivity index (χ2n) is 4.60. The van der Waals surface area contributed by atoms with Crippen molar-refractivity contribution < 1.29 is 14.3 Å². The van der Waals surface area contributed by atoms with Crippen LogP contribution in [0.4, 0.5) is 10.7 Å². The molecule has 0 aliphatic heterocycles. The average molecular weight is 300 g/mol. The number of methoxy groups -OCH3 is 1. The summed E-state index contributed by atoms with van der Waals surface area (Å²) in [5, 5.41) is 3.59. The third-order valence-electron chi connectivity index (χ3n) is 3.00. The van der Waals surface area contributed by atoms with Crippen LogP contribution < -0.4 is 16.8 Å². The summed E-state index contributed by atoms with van der Waals surface area (Å²) >= 11 is 1.07. The number of primary amides is 1. The van der Waals surface area contributed by atoms with Crippen molar-refractivity contribution in [2.75, 3.05) is 38.8 Å². The fourth-order valence-corrected chi connectivity index (χ4v) is 2.53. The van der Waals surface area contributed by atoms with E-state index >= 15 is 0 Å². The first kappa shape index (κ1) is 16.3. The number of nitrogen functional groups attached to an aromatic ring is 1. The standard InChI is InChI=1S/C12H20N4O3S/c1-6(16(2)3)5-15-11-7(10(14)17)8(13)9(20-11)12(18)19-4/h6,15H,5,13H2,1-4H3,(H2,14,17). The Bertz CT molecular complexity index is 513. The number of amides is 1. The molecule has 1 aromatic heterocycles. The molecule has 0 saturated heterocycles. The van der Waals surface area contributed by atoms with Gasteiger partial charge in [-0.3, -0.25) is 4.79 Å². The molecule has 0 radical (unpaired) electrons. The van der Waals surface area contributed by atoms with Crippen molar-refractivity contribution in [1.29, 1.82) is 0 Å². The van der Waals surface area contributed by atoms with Crippen molar-refractivity contribution in [2.45, 2.75) is 13.0 Å². The molecule has 0 aromatic carbocycles. The summed E-state index contributed by atoms with van der Waals surface area (Å²) in [4.78, 5) is 25.3. The molecule has 0 bridgehead atoms. The first-order valence-corrected chi connectivity index (χ1v) is 6.81. The van der Waals surface area contributed by atoms with Gasteiger partial charge in [-0.15, -0.1) is 11.3 Å². The molecule has 8 heteroatoms. The lowest BCUT2D eigenvalue weighted by Crippen LogP contribution is -2.31. The Hall–Kier alpha value is -1.80. The maximum Gasteiger partial charge on any atom is 0.350 e. The quantitative estimate of drug-likeness (QED) is 0.663. The van der Waals surface area contributed by atoms with Crippen LogP contribution in [-0.4, -0.2) is 50.6 Å². The summed E-state index contributed by atoms with van der Waals surface area (Å²) in [5.74, 6) is -1.25. The lowest BCUT2D eigenvalue weighted by molar-refractivity contribution is 0.0607. The van der Waals surface area contributed by atoms with Gasteiger partial charge < -0.3 is 26.4 Å². The number of likely N-dealkylation sites (N-methyl/N-ethyl adjacent to an activating group) is 1. The van der Waals surface area contributed by atoms with E-state index in [0.29, 0.717) is 11.5 Å². The number of thiophene rings is 1. The fourth-order valence-electron chi connectivity index (χ4n) is 1.48. The van der Waals surface area contributed by atoms with Gasteiger partial charge in [0.1, 0.15) is 9.88 Å². The molecule has 1 rings (SSSR count). The minimum absolute atomic E-state index is 0.0642. The van der Waals surface area contributed by atoms with Crippen molar-refractivity contribution in [3.05, 3.63) is 10.4 Å². The number of nitrogens with one attached hydrogen (secondary N) is 1. The molecule has 0 spiro atoms. The lowest BCUT2D eigenvalue weighted by atomic mass is 10.2. The molecule has 5 N–H and O–H groups in total. The molecule has 20 heavy (non-hydrogen) atoms. The number of hydrogen-bond donors (Lipinski definition) is 3. The van der Waals surface area contributed by atoms with Gasteiger partial charge in [-0.25, -0.2) is 4.79 Å². The van der Waals surface area contributed by atoms with E-state index in [2.05, 4.69) is 10.1 Å². The number of esters is 1. The summed E-state index contributed by atoms with van der Waals surface area (Å²) in [6, 6.07) is 0.237. The number of anilines is 2. The first-order valence-electron chi connectivity index (χ1n) is 6.00. The number of nitrogens with two attached hydrogens (primary N) is 2. The normalized spacial score (nSPS) is 12.2. The van der Waals surface area contributed by atoms with Gasteiger partial charge in [0.15, 0.2) is 0 Å². The molecule has 1 aromatic rings. The Morgan fingerprint density at radius 2 is 2.05 bits per heavy atom. The van der Waals surface area contributed by atoms with Crippen LogP contribution in [-0.2, 0) is 4.74 Å². The lowest BCUT2D eigenvalue weighted by Gasteiger charge is -2.20. The maximum atomic E-state index is 11.6. The molecule has 1 atom stereocenters. The van der Waals surface area contributed by atoms with E-state index in [4.69, 9.17) is 11.5 Å². The number of ether oxygens (including phenoxy) is 1. The fraction of sp³-hybridized carbons (Fsp3) is 0.500. The Morgan fingerprint density at radius 3 is 2.50 bits per heavy atom. The number of hydrogen-bond acceptors (Lipinski definition) is 7. The Labute approximate surface area is 121 Å². The summed E-state index contributed by atoms with van der Waals surface area (Å²) in [6.07, 6.45) is 0. The SMILES string of the molecule is COC(=O)c1sc(NCC(C)N(C)C)c(C(N)=O)c1N. The molecule has 0 fully saturated rings. The number of nitrogens with zero attached hydrogens (tertiary/aromatic N) is 1. The van der Waals surface area contributed by atoms with Crippen molar-refractivity contribution in [3.63, 3.8) is 0 Å². The Morgan fingerprint density at radius 1 is 1.45 bits per heavy atom. The smallest absolute Gasteiger partial charge is 0.350 e. The monoisotopic (exact) mass is 300 g/mol. The Balaban J connectivity index is 3.06. The summed E-state index contributed by atoms with van der Waals surface area (Å²) in [5.41, 5.74) is 11.3. The van der Waals surface area contributed by atoms with Crippen LogP contribution in [0.1, 0.15) is 27.0 Å². The first-order chi connectivity index (χ1) is 9.29. The summed E-state index contributed by atoms with van der Waals surface area (Å²) in [7, 11) is 5.15. The van der Waals surface area contributed by atoms with Crippen LogP contribution in [0.2, 0.25) is 0 Å². The van der Waals surface area contributed by atoms with E-state index in [1.807, 2.05) is 25.9 Å². The molecule has 0 aliphatic carbocycles. The molecular formula is C12H20N4O3S. The molecule has 0 saturated carbocycles. The molecule has 1 heterocycles. The minimum Gasteiger partial charge on any atom is -0.465 e. The average Bonchev–Trinajstić information content (AvgIpc) is 2.71. The van der Waals surface area contributed by atoms with Gasteiger partial charge in [-0.2, -0.15) is 0 Å². The largest absolute Gasteiger partial charge is 0.465 e. The summed E-state index contributed by atoms with van der Waals surface area (Å²) in [6.45, 7) is 2.61. The van der Waals surface area contributed by atoms with Gasteiger partial charge in [0.2, 0.25) is 0 Å². The zero-order valence-electron chi connectivity index (χ0n) is 12.0. The van der Waals surface area contributed by atoms with Gasteiger partial charge >= 0.3 is 5.97 Å². The van der Waals surface area contributed by atoms with Crippen LogP contribution in [0.3, 0.4) is 0 Å². The van der Waals surface area contributed by atoms with E-state index in [1.165, 1.54) is 7.11 Å². The highest BCUT2D eigenvalue weighted by Gasteiger charge is 2.24. The number of carbonyl (C=O) groups is 2. The van der Waals surface area contributed by atoms with Gasteiger partial charge in [-0.1, -0.05) is 0 Å². The zero-order chi connectivity index (χ0) is 15.4. The highest BCUT2D eigenvalue weighted by molar-refractivity contribution is 7.19. The summed E-state index contributed by atoms with van der Waals surface area (Å²) < 4.78 is 4.63. The third kappa shape index (κ3) is 3.40. The van der Waals surface area contributed by atoms with Crippen molar-refractivity contribution in [2.24, 2.45) is 5.73 Å². The molecule has 0 aliphatic rings. The van der Waals surface area contributed by atoms with Crippen LogP contribution in [0, 0.1) is 0 Å². The van der Waals surface area contributed by atoms with Crippen LogP contribution in [0.5, 0.6) is 0 Å². The van der Waals surface area contributed by atoms with E-state index in [1.54, 1.807) is 0 Å². The Kier molecular flexibility index (Phi) is 5.34. The maximum absolute atomic E-state index is 11.6. The van der Waals surface area contributed by atoms with E-state index < -0.39 is 11.9 Å². The van der Waals surface area contributed by atoms with Gasteiger partial charge in [0.05, 0.1) is 18.4 Å². The van der Waals surface area contributed by atoms with Crippen molar-refractivity contribution in [1.82, 2.24) is 4.90 Å². The number of carbonyl (C=O) groups excluding carboxylic acids is 2. The van der Waals surface area contributed by atoms with Gasteiger partial charge in [0, 0.05) is 12.6 Å². The van der Waals surface area contributed by atoms with Gasteiger partial charge in [0.25, 0.3) is 5.91 Å². The molecule has 7 nitrogen and oxygen atoms in total. The van der Waals surface area contributed by atoms with Crippen molar-refractivity contribution in [3.8, 4) is 0 Å². The van der Waals surface area contributed by atoms with E-state index in [0.717, 1.165) is 11.3 Å². The second-order valence-corrected chi connectivity index (χ2v) is 5.62. The van der Waals surface area contributed by atoms with Crippen LogP contribution in [0.15, 0.2) is 0 Å². The minimum atomic E-state index is -0.672. The van der Waals surface area contributed by atoms with Crippen LogP contribution >= 0.6 is 11.3 Å². The zero-order valence-corrected chi connectivity index (χ0v) is 12.8. The number of rotatable bonds is 6. The third-order valence-corrected chi connectivity index (χ3v) is 4.15. The van der Waals surface area contributed by atoms with E-state index in [-0.39, 0.29) is 22.2 Å². The van der Waals surface area contributed by atoms with E-state index in [9.17, 15) is 9.59 Å². The van der Waals surface area contributed by atoms with Crippen LogP contribution in [0.25, 0.3) is 0 Å². The highest BCUT2D eigenvalue weighted by atomic mass is 32.1. The van der Waals surface area contributed by atoms with Crippen molar-refractivity contribution >= 4 is 33.9 Å². The second kappa shape index (κ2) is 6.58. The topological polar surface area (TPSA) is 111 Å². The molecule has 112 valence electrons.